The molecule has 0 spiro atoms. The third-order valence-electron chi connectivity index (χ3n) is 4.45. The molecular formula is C15H20N2O3S. The van der Waals surface area contributed by atoms with Crippen LogP contribution in [0.1, 0.15) is 23.2 Å². The standard InChI is InChI=1S/C15H20N2O3S/c1-21(19,20)13-6-2-4-11(8-13)15(18)17-7-3-5-12-9-16-10-14(12)17/h2,4,6,8,12,14,16H,3,5,7,9-10H2,1H3. The Morgan fingerprint density at radius 1 is 1.33 bits per heavy atom. The Labute approximate surface area is 125 Å². The molecule has 0 aliphatic carbocycles. The van der Waals surface area contributed by atoms with Crippen molar-refractivity contribution < 1.29 is 13.2 Å². The first-order valence-electron chi connectivity index (χ1n) is 7.28. The third kappa shape index (κ3) is 2.82. The molecule has 3 rings (SSSR count). The second kappa shape index (κ2) is 5.42. The van der Waals surface area contributed by atoms with Crippen LogP contribution in [0.3, 0.4) is 0 Å². The van der Waals surface area contributed by atoms with Gasteiger partial charge >= 0.3 is 0 Å². The number of amides is 1. The zero-order valence-corrected chi connectivity index (χ0v) is 12.9. The lowest BCUT2D eigenvalue weighted by molar-refractivity contribution is 0.0574. The maximum absolute atomic E-state index is 12.7. The van der Waals surface area contributed by atoms with Crippen LogP contribution in [-0.4, -0.2) is 51.2 Å². The van der Waals surface area contributed by atoms with Gasteiger partial charge in [0, 0.05) is 37.5 Å². The maximum Gasteiger partial charge on any atom is 0.254 e. The molecule has 2 heterocycles. The molecule has 2 aliphatic heterocycles. The van der Waals surface area contributed by atoms with Gasteiger partial charge in [-0.05, 0) is 37.0 Å². The molecule has 2 aliphatic rings. The van der Waals surface area contributed by atoms with E-state index >= 15 is 0 Å². The van der Waals surface area contributed by atoms with Crippen LogP contribution in [0, 0.1) is 5.92 Å². The van der Waals surface area contributed by atoms with Crippen LogP contribution in [0.5, 0.6) is 0 Å². The molecule has 1 aromatic rings. The van der Waals surface area contributed by atoms with Crippen molar-refractivity contribution in [3.63, 3.8) is 0 Å². The van der Waals surface area contributed by atoms with E-state index in [0.717, 1.165) is 38.7 Å². The fourth-order valence-electron chi connectivity index (χ4n) is 3.35. The number of carbonyl (C=O) groups is 1. The van der Waals surface area contributed by atoms with Crippen molar-refractivity contribution in [2.45, 2.75) is 23.8 Å². The summed E-state index contributed by atoms with van der Waals surface area (Å²) in [5, 5.41) is 3.35. The van der Waals surface area contributed by atoms with Crippen LogP contribution in [0.25, 0.3) is 0 Å². The van der Waals surface area contributed by atoms with Crippen LogP contribution in [-0.2, 0) is 9.84 Å². The molecule has 1 N–H and O–H groups in total. The summed E-state index contributed by atoms with van der Waals surface area (Å²) < 4.78 is 23.3. The summed E-state index contributed by atoms with van der Waals surface area (Å²) >= 11 is 0. The number of benzene rings is 1. The lowest BCUT2D eigenvalue weighted by Crippen LogP contribution is -2.48. The average Bonchev–Trinajstić information content (AvgIpc) is 2.94. The van der Waals surface area contributed by atoms with E-state index in [-0.39, 0.29) is 16.8 Å². The molecule has 5 nitrogen and oxygen atoms in total. The van der Waals surface area contributed by atoms with E-state index in [1.165, 1.54) is 12.1 Å². The van der Waals surface area contributed by atoms with Gasteiger partial charge in [0.05, 0.1) is 4.90 Å². The van der Waals surface area contributed by atoms with Crippen LogP contribution < -0.4 is 5.32 Å². The number of fused-ring (bicyclic) bond motifs is 1. The lowest BCUT2D eigenvalue weighted by Gasteiger charge is -2.37. The van der Waals surface area contributed by atoms with Gasteiger partial charge in [-0.2, -0.15) is 0 Å². The van der Waals surface area contributed by atoms with Crippen molar-refractivity contribution in [3.8, 4) is 0 Å². The van der Waals surface area contributed by atoms with E-state index in [9.17, 15) is 13.2 Å². The summed E-state index contributed by atoms with van der Waals surface area (Å²) in [5.74, 6) is 0.472. The fraction of sp³-hybridized carbons (Fsp3) is 0.533. The van der Waals surface area contributed by atoms with Crippen molar-refractivity contribution in [1.29, 1.82) is 0 Å². The number of nitrogens with zero attached hydrogens (tertiary/aromatic N) is 1. The number of sulfone groups is 1. The summed E-state index contributed by atoms with van der Waals surface area (Å²) in [6.45, 7) is 2.56. The number of hydrogen-bond donors (Lipinski definition) is 1. The van der Waals surface area contributed by atoms with Crippen molar-refractivity contribution >= 4 is 15.7 Å². The van der Waals surface area contributed by atoms with E-state index in [0.29, 0.717) is 11.5 Å². The normalized spacial score (nSPS) is 25.7. The van der Waals surface area contributed by atoms with Gasteiger partial charge in [0.2, 0.25) is 0 Å². The molecule has 0 aromatic heterocycles. The Hall–Kier alpha value is -1.40. The zero-order chi connectivity index (χ0) is 15.0. The van der Waals surface area contributed by atoms with Crippen LogP contribution in [0.15, 0.2) is 29.2 Å². The average molecular weight is 308 g/mol. The van der Waals surface area contributed by atoms with Gasteiger partial charge in [-0.3, -0.25) is 4.79 Å². The Bertz CT molecular complexity index is 657. The molecule has 2 atom stereocenters. The molecular weight excluding hydrogens is 288 g/mol. The Morgan fingerprint density at radius 2 is 2.14 bits per heavy atom. The molecule has 0 radical (unpaired) electrons. The fourth-order valence-corrected chi connectivity index (χ4v) is 4.01. The first-order valence-corrected chi connectivity index (χ1v) is 9.18. The van der Waals surface area contributed by atoms with Crippen molar-refractivity contribution in [1.82, 2.24) is 10.2 Å². The number of likely N-dealkylation sites (tertiary alicyclic amines) is 1. The summed E-state index contributed by atoms with van der Waals surface area (Å²) in [4.78, 5) is 14.8. The molecule has 1 amide bonds. The van der Waals surface area contributed by atoms with Crippen LogP contribution in [0.2, 0.25) is 0 Å². The summed E-state index contributed by atoms with van der Waals surface area (Å²) in [5.41, 5.74) is 0.463. The van der Waals surface area contributed by atoms with Gasteiger partial charge in [-0.15, -0.1) is 0 Å². The minimum Gasteiger partial charge on any atom is -0.334 e. The van der Waals surface area contributed by atoms with Crippen molar-refractivity contribution in [2.75, 3.05) is 25.9 Å². The largest absolute Gasteiger partial charge is 0.334 e. The highest BCUT2D eigenvalue weighted by atomic mass is 32.2. The number of carbonyl (C=O) groups excluding carboxylic acids is 1. The molecule has 2 saturated heterocycles. The quantitative estimate of drug-likeness (QED) is 0.882. The molecule has 6 heteroatoms. The topological polar surface area (TPSA) is 66.5 Å². The zero-order valence-electron chi connectivity index (χ0n) is 12.1. The van der Waals surface area contributed by atoms with Gasteiger partial charge in [0.15, 0.2) is 9.84 Å². The smallest absolute Gasteiger partial charge is 0.254 e. The van der Waals surface area contributed by atoms with Gasteiger partial charge < -0.3 is 10.2 Å². The highest BCUT2D eigenvalue weighted by molar-refractivity contribution is 7.90. The number of rotatable bonds is 2. The number of piperidine rings is 1. The molecule has 1 aromatic carbocycles. The molecule has 2 unspecified atom stereocenters. The third-order valence-corrected chi connectivity index (χ3v) is 5.56. The summed E-state index contributed by atoms with van der Waals surface area (Å²) in [6.07, 6.45) is 3.33. The van der Waals surface area contributed by atoms with Crippen LogP contribution >= 0.6 is 0 Å². The van der Waals surface area contributed by atoms with Crippen molar-refractivity contribution in [3.05, 3.63) is 29.8 Å². The SMILES string of the molecule is CS(=O)(=O)c1cccc(C(=O)N2CCCC3CNCC32)c1. The molecule has 0 bridgehead atoms. The Kier molecular flexibility index (Phi) is 3.75. The van der Waals surface area contributed by atoms with Crippen LogP contribution in [0.4, 0.5) is 0 Å². The maximum atomic E-state index is 12.7. The number of nitrogens with one attached hydrogen (secondary N) is 1. The van der Waals surface area contributed by atoms with E-state index in [4.69, 9.17) is 0 Å². The number of hydrogen-bond acceptors (Lipinski definition) is 4. The van der Waals surface area contributed by atoms with Gasteiger partial charge in [0.1, 0.15) is 0 Å². The Balaban J connectivity index is 1.88. The second-order valence-electron chi connectivity index (χ2n) is 5.93. The predicted molar refractivity (Wildman–Crippen MR) is 80.0 cm³/mol. The van der Waals surface area contributed by atoms with E-state index in [2.05, 4.69) is 5.32 Å². The first-order chi connectivity index (χ1) is 9.97. The predicted octanol–water partition coefficient (Wildman–Crippen LogP) is 0.914. The minimum absolute atomic E-state index is 0.0566. The van der Waals surface area contributed by atoms with Gasteiger partial charge in [-0.25, -0.2) is 8.42 Å². The summed E-state index contributed by atoms with van der Waals surface area (Å²) in [7, 11) is -3.29. The molecule has 114 valence electrons. The lowest BCUT2D eigenvalue weighted by atomic mass is 9.91. The second-order valence-corrected chi connectivity index (χ2v) is 7.94. The van der Waals surface area contributed by atoms with Crippen molar-refractivity contribution in [2.24, 2.45) is 5.92 Å². The van der Waals surface area contributed by atoms with E-state index in [1.54, 1.807) is 12.1 Å². The molecule has 0 saturated carbocycles. The molecule has 21 heavy (non-hydrogen) atoms. The highest BCUT2D eigenvalue weighted by Crippen LogP contribution is 2.28. The van der Waals surface area contributed by atoms with Gasteiger partial charge in [-0.1, -0.05) is 6.07 Å². The Morgan fingerprint density at radius 3 is 2.90 bits per heavy atom. The van der Waals surface area contributed by atoms with E-state index < -0.39 is 9.84 Å². The summed E-state index contributed by atoms with van der Waals surface area (Å²) in [6, 6.07) is 6.60. The van der Waals surface area contributed by atoms with Gasteiger partial charge in [0.25, 0.3) is 5.91 Å². The monoisotopic (exact) mass is 308 g/mol. The minimum atomic E-state index is -3.29. The first kappa shape index (κ1) is 14.5. The highest BCUT2D eigenvalue weighted by Gasteiger charge is 2.37. The molecule has 2 fully saturated rings. The van der Waals surface area contributed by atoms with E-state index in [1.807, 2.05) is 4.90 Å².